The van der Waals surface area contributed by atoms with E-state index in [-0.39, 0.29) is 35.4 Å². The maximum Gasteiger partial charge on any atom is 0.257 e. The molecule has 0 aliphatic carbocycles. The minimum absolute atomic E-state index is 0.0332. The molecule has 0 bridgehead atoms. The smallest absolute Gasteiger partial charge is 0.257 e. The molecule has 26 heavy (non-hydrogen) atoms. The number of nitrogens with one attached hydrogen (secondary N) is 1. The van der Waals surface area contributed by atoms with Crippen LogP contribution in [-0.2, 0) is 4.79 Å². The molecule has 0 saturated heterocycles. The summed E-state index contributed by atoms with van der Waals surface area (Å²) >= 11 is 0. The van der Waals surface area contributed by atoms with Crippen molar-refractivity contribution < 1.29 is 14.0 Å². The van der Waals surface area contributed by atoms with Crippen molar-refractivity contribution in [1.29, 1.82) is 0 Å². The summed E-state index contributed by atoms with van der Waals surface area (Å²) in [5, 5.41) is 2.85. The topological polar surface area (TPSA) is 65.5 Å². The van der Waals surface area contributed by atoms with Gasteiger partial charge in [-0.15, -0.1) is 0 Å². The van der Waals surface area contributed by atoms with Crippen LogP contribution in [0.4, 0.5) is 15.9 Å². The quantitative estimate of drug-likeness (QED) is 0.826. The van der Waals surface area contributed by atoms with Crippen molar-refractivity contribution in [3.8, 4) is 0 Å². The van der Waals surface area contributed by atoms with E-state index < -0.39 is 5.82 Å². The minimum atomic E-state index is -0.443. The van der Waals surface area contributed by atoms with Crippen molar-refractivity contribution >= 4 is 23.3 Å². The van der Waals surface area contributed by atoms with Crippen LogP contribution in [0.5, 0.6) is 0 Å². The molecule has 6 nitrogen and oxygen atoms in total. The standard InChI is InChI=1S/C19H23FN4O2/c1-4-24(5-2)17(25)13-23(3)19(26)14-9-8-12-21-18(14)22-16-11-7-6-10-15(16)20/h6-12H,4-5,13H2,1-3H3,(H,21,22). The summed E-state index contributed by atoms with van der Waals surface area (Å²) < 4.78 is 13.9. The number of pyridine rings is 1. The molecule has 2 amide bonds. The largest absolute Gasteiger partial charge is 0.342 e. The first kappa shape index (κ1) is 19.4. The molecule has 0 radical (unpaired) electrons. The van der Waals surface area contributed by atoms with Crippen molar-refractivity contribution in [2.75, 3.05) is 32.0 Å². The number of hydrogen-bond donors (Lipinski definition) is 1. The van der Waals surface area contributed by atoms with Crippen LogP contribution in [0.3, 0.4) is 0 Å². The van der Waals surface area contributed by atoms with E-state index in [0.717, 1.165) is 0 Å². The Balaban J connectivity index is 2.19. The van der Waals surface area contributed by atoms with Crippen LogP contribution in [0.25, 0.3) is 0 Å². The third-order valence-electron chi connectivity index (χ3n) is 4.00. The summed E-state index contributed by atoms with van der Waals surface area (Å²) in [6, 6.07) is 9.37. The maximum absolute atomic E-state index is 13.9. The molecule has 1 heterocycles. The van der Waals surface area contributed by atoms with Crippen LogP contribution in [0.2, 0.25) is 0 Å². The number of amides is 2. The van der Waals surface area contributed by atoms with Crippen molar-refractivity contribution in [2.24, 2.45) is 0 Å². The van der Waals surface area contributed by atoms with Crippen molar-refractivity contribution in [2.45, 2.75) is 13.8 Å². The third kappa shape index (κ3) is 4.56. The molecule has 1 N–H and O–H groups in total. The highest BCUT2D eigenvalue weighted by Crippen LogP contribution is 2.21. The van der Waals surface area contributed by atoms with Gasteiger partial charge in [0.15, 0.2) is 0 Å². The number of rotatable bonds is 7. The van der Waals surface area contributed by atoms with E-state index in [2.05, 4.69) is 10.3 Å². The number of aromatic nitrogens is 1. The fraction of sp³-hybridized carbons (Fsp3) is 0.316. The van der Waals surface area contributed by atoms with Gasteiger partial charge in [0, 0.05) is 26.3 Å². The van der Waals surface area contributed by atoms with Crippen LogP contribution in [0, 0.1) is 5.82 Å². The van der Waals surface area contributed by atoms with E-state index in [4.69, 9.17) is 0 Å². The molecule has 0 saturated carbocycles. The number of halogens is 1. The van der Waals surface area contributed by atoms with E-state index >= 15 is 0 Å². The van der Waals surface area contributed by atoms with Gasteiger partial charge in [-0.05, 0) is 38.1 Å². The second-order valence-corrected chi connectivity index (χ2v) is 5.73. The van der Waals surface area contributed by atoms with Gasteiger partial charge in [0.1, 0.15) is 11.6 Å². The van der Waals surface area contributed by atoms with E-state index in [9.17, 15) is 14.0 Å². The molecule has 0 aliphatic rings. The van der Waals surface area contributed by atoms with Gasteiger partial charge in [0.2, 0.25) is 5.91 Å². The maximum atomic E-state index is 13.9. The van der Waals surface area contributed by atoms with Crippen LogP contribution >= 0.6 is 0 Å². The zero-order valence-electron chi connectivity index (χ0n) is 15.2. The number of benzene rings is 1. The Labute approximate surface area is 152 Å². The first-order valence-corrected chi connectivity index (χ1v) is 8.47. The van der Waals surface area contributed by atoms with Gasteiger partial charge in [0.05, 0.1) is 17.8 Å². The molecule has 2 rings (SSSR count). The summed E-state index contributed by atoms with van der Waals surface area (Å²) in [5.41, 5.74) is 0.493. The highest BCUT2D eigenvalue weighted by Gasteiger charge is 2.21. The van der Waals surface area contributed by atoms with Gasteiger partial charge in [-0.3, -0.25) is 9.59 Å². The highest BCUT2D eigenvalue weighted by molar-refractivity contribution is 6.00. The van der Waals surface area contributed by atoms with Crippen molar-refractivity contribution in [3.63, 3.8) is 0 Å². The average molecular weight is 358 g/mol. The molecule has 0 aliphatic heterocycles. The van der Waals surface area contributed by atoms with Gasteiger partial charge >= 0.3 is 0 Å². The van der Waals surface area contributed by atoms with Gasteiger partial charge < -0.3 is 15.1 Å². The average Bonchev–Trinajstić information content (AvgIpc) is 2.64. The molecule has 1 aromatic carbocycles. The molecular weight excluding hydrogens is 335 g/mol. The first-order valence-electron chi connectivity index (χ1n) is 8.47. The van der Waals surface area contributed by atoms with Gasteiger partial charge in [0.25, 0.3) is 5.91 Å². The Morgan fingerprint density at radius 3 is 2.46 bits per heavy atom. The molecule has 0 spiro atoms. The molecular formula is C19H23FN4O2. The van der Waals surface area contributed by atoms with Crippen LogP contribution in [0.15, 0.2) is 42.6 Å². The summed E-state index contributed by atoms with van der Waals surface area (Å²) in [6.45, 7) is 4.92. The number of carbonyl (C=O) groups excluding carboxylic acids is 2. The SMILES string of the molecule is CCN(CC)C(=O)CN(C)C(=O)c1cccnc1Nc1ccccc1F. The molecule has 138 valence electrons. The summed E-state index contributed by atoms with van der Waals surface area (Å²) in [6.07, 6.45) is 1.51. The fourth-order valence-corrected chi connectivity index (χ4v) is 2.52. The normalized spacial score (nSPS) is 10.3. The number of anilines is 2. The van der Waals surface area contributed by atoms with E-state index in [0.29, 0.717) is 13.1 Å². The molecule has 2 aromatic rings. The number of para-hydroxylation sites is 1. The highest BCUT2D eigenvalue weighted by atomic mass is 19.1. The van der Waals surface area contributed by atoms with Gasteiger partial charge in [-0.1, -0.05) is 12.1 Å². The lowest BCUT2D eigenvalue weighted by molar-refractivity contribution is -0.131. The molecule has 0 fully saturated rings. The monoisotopic (exact) mass is 358 g/mol. The number of carbonyl (C=O) groups is 2. The Bertz CT molecular complexity index is 778. The lowest BCUT2D eigenvalue weighted by atomic mass is 10.2. The van der Waals surface area contributed by atoms with Crippen molar-refractivity contribution in [1.82, 2.24) is 14.8 Å². The second-order valence-electron chi connectivity index (χ2n) is 5.73. The number of hydrogen-bond acceptors (Lipinski definition) is 4. The first-order chi connectivity index (χ1) is 12.5. The summed E-state index contributed by atoms with van der Waals surface area (Å²) in [7, 11) is 1.56. The van der Waals surface area contributed by atoms with E-state index in [1.807, 2.05) is 13.8 Å². The van der Waals surface area contributed by atoms with Gasteiger partial charge in [-0.2, -0.15) is 0 Å². The molecule has 0 unspecified atom stereocenters. The van der Waals surface area contributed by atoms with Crippen LogP contribution in [0.1, 0.15) is 24.2 Å². The molecule has 1 aromatic heterocycles. The fourth-order valence-electron chi connectivity index (χ4n) is 2.52. The van der Waals surface area contributed by atoms with Crippen LogP contribution < -0.4 is 5.32 Å². The summed E-state index contributed by atoms with van der Waals surface area (Å²) in [5.74, 6) is -0.692. The Hall–Kier alpha value is -2.96. The number of likely N-dealkylation sites (N-methyl/N-ethyl adjacent to an activating group) is 2. The Morgan fingerprint density at radius 1 is 1.12 bits per heavy atom. The molecule has 0 atom stereocenters. The summed E-state index contributed by atoms with van der Waals surface area (Å²) in [4.78, 5) is 32.1. The lowest BCUT2D eigenvalue weighted by Crippen LogP contribution is -2.41. The zero-order valence-corrected chi connectivity index (χ0v) is 15.2. The second kappa shape index (κ2) is 8.94. The zero-order chi connectivity index (χ0) is 19.1. The Morgan fingerprint density at radius 2 is 1.81 bits per heavy atom. The van der Waals surface area contributed by atoms with E-state index in [1.54, 1.807) is 42.3 Å². The Kier molecular flexibility index (Phi) is 6.66. The minimum Gasteiger partial charge on any atom is -0.342 e. The van der Waals surface area contributed by atoms with Gasteiger partial charge in [-0.25, -0.2) is 9.37 Å². The predicted molar refractivity (Wildman–Crippen MR) is 98.8 cm³/mol. The molecule has 7 heteroatoms. The predicted octanol–water partition coefficient (Wildman–Crippen LogP) is 2.90. The van der Waals surface area contributed by atoms with Crippen LogP contribution in [-0.4, -0.2) is 53.3 Å². The van der Waals surface area contributed by atoms with Crippen molar-refractivity contribution in [3.05, 3.63) is 54.0 Å². The number of nitrogens with zero attached hydrogens (tertiary/aromatic N) is 3. The third-order valence-corrected chi connectivity index (χ3v) is 4.00. The lowest BCUT2D eigenvalue weighted by Gasteiger charge is -2.23. The van der Waals surface area contributed by atoms with E-state index in [1.165, 1.54) is 17.2 Å².